The summed E-state index contributed by atoms with van der Waals surface area (Å²) in [6.45, 7) is -1.14. The molecule has 1 amide bonds. The molecule has 0 radical (unpaired) electrons. The maximum atomic E-state index is 12.9. The van der Waals surface area contributed by atoms with Crippen molar-refractivity contribution in [2.45, 2.75) is 12.2 Å². The Labute approximate surface area is 115 Å². The molecule has 4 nitrogen and oxygen atoms in total. The van der Waals surface area contributed by atoms with E-state index < -0.39 is 31.3 Å². The quantitative estimate of drug-likeness (QED) is 0.898. The highest BCUT2D eigenvalue weighted by atomic mass is 79.9. The van der Waals surface area contributed by atoms with Crippen molar-refractivity contribution in [3.63, 3.8) is 0 Å². The molecule has 0 aliphatic carbocycles. The fourth-order valence-electron chi connectivity index (χ4n) is 1.87. The average Bonchev–Trinajstić information content (AvgIpc) is 2.31. The molecule has 1 unspecified atom stereocenters. The molecule has 1 aromatic rings. The van der Waals surface area contributed by atoms with Gasteiger partial charge in [-0.1, -0.05) is 15.9 Å². The topological polar surface area (TPSA) is 55.6 Å². The summed E-state index contributed by atoms with van der Waals surface area (Å²) in [5.74, 6) is -0.538. The molecule has 19 heavy (non-hydrogen) atoms. The number of carbonyl (C=O) groups is 1. The molecule has 2 rings (SSSR count). The summed E-state index contributed by atoms with van der Waals surface area (Å²) in [4.78, 5) is 12.4. The third kappa shape index (κ3) is 2.69. The first-order valence-electron chi connectivity index (χ1n) is 5.36. The number of benzene rings is 1. The van der Waals surface area contributed by atoms with E-state index in [1.807, 2.05) is 0 Å². The van der Waals surface area contributed by atoms with Gasteiger partial charge in [0.2, 0.25) is 0 Å². The van der Waals surface area contributed by atoms with Crippen LogP contribution in [0.1, 0.15) is 0 Å². The Morgan fingerprint density at radius 3 is 2.74 bits per heavy atom. The van der Waals surface area contributed by atoms with Crippen molar-refractivity contribution in [1.82, 2.24) is 0 Å². The summed E-state index contributed by atoms with van der Waals surface area (Å²) >= 11 is 3.15. The van der Waals surface area contributed by atoms with Gasteiger partial charge in [-0.15, -0.1) is 0 Å². The molecule has 0 fully saturated rings. The predicted octanol–water partition coefficient (Wildman–Crippen LogP) is 2.06. The van der Waals surface area contributed by atoms with Gasteiger partial charge in [0.1, 0.15) is 11.8 Å². The molecule has 0 saturated carbocycles. The number of ether oxygens (including phenoxy) is 1. The van der Waals surface area contributed by atoms with Crippen molar-refractivity contribution in [2.24, 2.45) is 5.73 Å². The molecule has 0 saturated heterocycles. The first-order chi connectivity index (χ1) is 8.84. The van der Waals surface area contributed by atoms with Gasteiger partial charge in [-0.05, 0) is 18.2 Å². The Hall–Kier alpha value is -1.28. The van der Waals surface area contributed by atoms with E-state index in [4.69, 9.17) is 10.5 Å². The van der Waals surface area contributed by atoms with Crippen molar-refractivity contribution >= 4 is 27.5 Å². The smallest absolute Gasteiger partial charge is 0.410 e. The standard InChI is InChI=1S/C11H10BrF3N2O2/c12-6-1-2-8-7(3-6)17(10(18)5-19-8)9(4-16)11(13,14)15/h1-3,9H,4-5,16H2. The molecule has 1 aliphatic rings. The highest BCUT2D eigenvalue weighted by Gasteiger charge is 2.47. The number of hydrogen-bond donors (Lipinski definition) is 1. The molecule has 0 bridgehead atoms. The molecule has 104 valence electrons. The van der Waals surface area contributed by atoms with Crippen molar-refractivity contribution in [3.8, 4) is 5.75 Å². The van der Waals surface area contributed by atoms with Crippen molar-refractivity contribution in [3.05, 3.63) is 22.7 Å². The van der Waals surface area contributed by atoms with Crippen LogP contribution in [-0.2, 0) is 4.79 Å². The van der Waals surface area contributed by atoms with E-state index in [1.165, 1.54) is 12.1 Å². The zero-order chi connectivity index (χ0) is 14.2. The van der Waals surface area contributed by atoms with E-state index in [0.29, 0.717) is 9.37 Å². The number of carbonyl (C=O) groups excluding carboxylic acids is 1. The van der Waals surface area contributed by atoms with Crippen LogP contribution in [0.15, 0.2) is 22.7 Å². The van der Waals surface area contributed by atoms with Crippen LogP contribution < -0.4 is 15.4 Å². The molecule has 1 aromatic carbocycles. The molecule has 1 aliphatic heterocycles. The van der Waals surface area contributed by atoms with Gasteiger partial charge in [-0.25, -0.2) is 0 Å². The van der Waals surface area contributed by atoms with Crippen LogP contribution >= 0.6 is 15.9 Å². The van der Waals surface area contributed by atoms with Gasteiger partial charge in [0.15, 0.2) is 6.61 Å². The minimum Gasteiger partial charge on any atom is -0.482 e. The molecular formula is C11H10BrF3N2O2. The molecule has 8 heteroatoms. The molecule has 0 spiro atoms. The predicted molar refractivity (Wildman–Crippen MR) is 66.0 cm³/mol. The minimum atomic E-state index is -4.60. The number of nitrogens with two attached hydrogens (primary N) is 1. The lowest BCUT2D eigenvalue weighted by Gasteiger charge is -2.36. The Morgan fingerprint density at radius 2 is 2.16 bits per heavy atom. The number of rotatable bonds is 2. The lowest BCUT2D eigenvalue weighted by atomic mass is 10.1. The number of nitrogens with zero attached hydrogens (tertiary/aromatic N) is 1. The first kappa shape index (κ1) is 14.1. The molecule has 0 aromatic heterocycles. The van der Waals surface area contributed by atoms with Gasteiger partial charge in [0, 0.05) is 11.0 Å². The molecule has 1 atom stereocenters. The van der Waals surface area contributed by atoms with Gasteiger partial charge in [-0.3, -0.25) is 9.69 Å². The Bertz CT molecular complexity index is 507. The Balaban J connectivity index is 2.50. The zero-order valence-electron chi connectivity index (χ0n) is 9.58. The van der Waals surface area contributed by atoms with Gasteiger partial charge < -0.3 is 10.5 Å². The van der Waals surface area contributed by atoms with E-state index in [0.717, 1.165) is 0 Å². The number of hydrogen-bond acceptors (Lipinski definition) is 3. The van der Waals surface area contributed by atoms with Crippen LogP contribution in [0.25, 0.3) is 0 Å². The van der Waals surface area contributed by atoms with Gasteiger partial charge in [0.25, 0.3) is 5.91 Å². The van der Waals surface area contributed by atoms with Crippen molar-refractivity contribution in [2.75, 3.05) is 18.1 Å². The summed E-state index contributed by atoms with van der Waals surface area (Å²) in [6, 6.07) is 2.47. The summed E-state index contributed by atoms with van der Waals surface area (Å²) < 4.78 is 44.5. The molecule has 2 N–H and O–H groups in total. The van der Waals surface area contributed by atoms with Crippen LogP contribution in [0.5, 0.6) is 5.75 Å². The van der Waals surface area contributed by atoms with Gasteiger partial charge in [-0.2, -0.15) is 13.2 Å². The van der Waals surface area contributed by atoms with Crippen LogP contribution in [-0.4, -0.2) is 31.3 Å². The lowest BCUT2D eigenvalue weighted by molar-refractivity contribution is -0.153. The fraction of sp³-hybridized carbons (Fsp3) is 0.364. The summed E-state index contributed by atoms with van der Waals surface area (Å²) in [7, 11) is 0. The van der Waals surface area contributed by atoms with Crippen LogP contribution in [0.3, 0.4) is 0 Å². The van der Waals surface area contributed by atoms with E-state index in [9.17, 15) is 18.0 Å². The normalized spacial score (nSPS) is 16.9. The van der Waals surface area contributed by atoms with E-state index in [1.54, 1.807) is 6.07 Å². The average molecular weight is 339 g/mol. The van der Waals surface area contributed by atoms with Crippen molar-refractivity contribution in [1.29, 1.82) is 0 Å². The Kier molecular flexibility index (Phi) is 3.73. The highest BCUT2D eigenvalue weighted by Crippen LogP contribution is 2.38. The second kappa shape index (κ2) is 5.01. The van der Waals surface area contributed by atoms with Crippen molar-refractivity contribution < 1.29 is 22.7 Å². The summed E-state index contributed by atoms with van der Waals surface area (Å²) in [6.07, 6.45) is -4.60. The maximum Gasteiger partial charge on any atom is 0.410 e. The number of fused-ring (bicyclic) bond motifs is 1. The molecular weight excluding hydrogens is 329 g/mol. The highest BCUT2D eigenvalue weighted by molar-refractivity contribution is 9.10. The van der Waals surface area contributed by atoms with E-state index in [-0.39, 0.29) is 11.4 Å². The number of halogens is 4. The summed E-state index contributed by atoms with van der Waals surface area (Å²) in [5.41, 5.74) is 5.25. The first-order valence-corrected chi connectivity index (χ1v) is 6.15. The second-order valence-electron chi connectivity index (χ2n) is 3.96. The van der Waals surface area contributed by atoms with Crippen LogP contribution in [0, 0.1) is 0 Å². The lowest BCUT2D eigenvalue weighted by Crippen LogP contribution is -2.55. The maximum absolute atomic E-state index is 12.9. The monoisotopic (exact) mass is 338 g/mol. The number of amides is 1. The number of anilines is 1. The third-order valence-electron chi connectivity index (χ3n) is 2.71. The third-order valence-corrected chi connectivity index (χ3v) is 3.21. The van der Waals surface area contributed by atoms with Gasteiger partial charge >= 0.3 is 6.18 Å². The van der Waals surface area contributed by atoms with Crippen LogP contribution in [0.2, 0.25) is 0 Å². The summed E-state index contributed by atoms with van der Waals surface area (Å²) in [5, 5.41) is 0. The minimum absolute atomic E-state index is 0.0680. The van der Waals surface area contributed by atoms with E-state index >= 15 is 0 Å². The van der Waals surface area contributed by atoms with Crippen LogP contribution in [0.4, 0.5) is 18.9 Å². The Morgan fingerprint density at radius 1 is 1.47 bits per heavy atom. The van der Waals surface area contributed by atoms with E-state index in [2.05, 4.69) is 15.9 Å². The second-order valence-corrected chi connectivity index (χ2v) is 4.87. The van der Waals surface area contributed by atoms with Gasteiger partial charge in [0.05, 0.1) is 5.69 Å². The fourth-order valence-corrected chi connectivity index (χ4v) is 2.22. The molecule has 1 heterocycles. The largest absolute Gasteiger partial charge is 0.482 e. The SMILES string of the molecule is NCC(N1C(=O)COc2ccc(Br)cc21)C(F)(F)F. The zero-order valence-corrected chi connectivity index (χ0v) is 11.2. The number of alkyl halides is 3.